The van der Waals surface area contributed by atoms with Crippen molar-refractivity contribution in [3.05, 3.63) is 65.7 Å². The van der Waals surface area contributed by atoms with Gasteiger partial charge in [-0.15, -0.1) is 0 Å². The quantitative estimate of drug-likeness (QED) is 0.559. The van der Waals surface area contributed by atoms with E-state index in [4.69, 9.17) is 5.21 Å². The van der Waals surface area contributed by atoms with Gasteiger partial charge in [-0.1, -0.05) is 48.0 Å². The zero-order chi connectivity index (χ0) is 12.5. The maximum atomic E-state index is 10.1. The van der Waals surface area contributed by atoms with E-state index in [9.17, 15) is 4.79 Å². The highest BCUT2D eigenvalue weighted by atomic mass is 16.5. The fourth-order valence-electron chi connectivity index (χ4n) is 1.16. The first-order valence-corrected chi connectivity index (χ1v) is 5.23. The predicted molar refractivity (Wildman–Crippen MR) is 73.4 cm³/mol. The molecule has 4 nitrogen and oxygen atoms in total. The molecule has 0 fully saturated rings. The average molecular weight is 246 g/mol. The van der Waals surface area contributed by atoms with Crippen LogP contribution in [-0.4, -0.2) is 11.5 Å². The van der Waals surface area contributed by atoms with E-state index in [1.807, 2.05) is 54.9 Å². The molecule has 18 heavy (non-hydrogen) atoms. The van der Waals surface area contributed by atoms with Crippen LogP contribution < -0.4 is 11.6 Å². The molecule has 5 N–H and O–H groups in total. The molecule has 0 unspecified atom stereocenters. The van der Waals surface area contributed by atoms with Crippen molar-refractivity contribution in [3.8, 4) is 0 Å². The zero-order valence-electron chi connectivity index (χ0n) is 10.3. The van der Waals surface area contributed by atoms with Crippen molar-refractivity contribution < 1.29 is 10.0 Å². The predicted octanol–water partition coefficient (Wildman–Crippen LogP) is 3.46. The van der Waals surface area contributed by atoms with Crippen molar-refractivity contribution in [2.75, 3.05) is 5.48 Å². The minimum absolute atomic E-state index is 0. The Hall–Kier alpha value is -2.17. The first-order chi connectivity index (χ1) is 8.26. The second-order valence-corrected chi connectivity index (χ2v) is 3.51. The number of benzene rings is 2. The van der Waals surface area contributed by atoms with Crippen molar-refractivity contribution in [3.63, 3.8) is 0 Å². The summed E-state index contributed by atoms with van der Waals surface area (Å²) in [6.07, 6.45) is 0.847. The molecule has 96 valence electrons. The minimum Gasteiger partial charge on any atom is -0.344 e. The van der Waals surface area contributed by atoms with E-state index in [1.54, 1.807) is 12.1 Å². The summed E-state index contributed by atoms with van der Waals surface area (Å²) in [5, 5.41) is 8.29. The molecule has 0 saturated carbocycles. The highest BCUT2D eigenvalue weighted by molar-refractivity contribution is 5.74. The average Bonchev–Trinajstić information content (AvgIpc) is 2.41. The SMILES string of the molecule is Cc1ccc(C=O)cc1.N.ONc1ccccc1. The van der Waals surface area contributed by atoms with E-state index in [0.29, 0.717) is 5.69 Å². The van der Waals surface area contributed by atoms with Gasteiger partial charge in [0.05, 0.1) is 5.69 Å². The van der Waals surface area contributed by atoms with Crippen LogP contribution in [-0.2, 0) is 0 Å². The monoisotopic (exact) mass is 246 g/mol. The number of hydrogen-bond donors (Lipinski definition) is 3. The molecule has 0 radical (unpaired) electrons. The third-order valence-electron chi connectivity index (χ3n) is 2.12. The van der Waals surface area contributed by atoms with Gasteiger partial charge in [0.15, 0.2) is 0 Å². The Morgan fingerprint density at radius 3 is 1.94 bits per heavy atom. The summed E-state index contributed by atoms with van der Waals surface area (Å²) in [7, 11) is 0. The number of carbonyl (C=O) groups is 1. The summed E-state index contributed by atoms with van der Waals surface area (Å²) in [6.45, 7) is 1.99. The van der Waals surface area contributed by atoms with Crippen molar-refractivity contribution in [1.29, 1.82) is 0 Å². The molecule has 0 bridgehead atoms. The molecule has 0 aromatic heterocycles. The van der Waals surface area contributed by atoms with Gasteiger partial charge < -0.3 is 6.15 Å². The van der Waals surface area contributed by atoms with Crippen LogP contribution in [0.1, 0.15) is 15.9 Å². The standard InChI is InChI=1S/C8H8O.C6H7NO.H3N/c1-7-2-4-8(6-9)5-3-7;8-7-6-4-2-1-3-5-6;/h2-6H,1H3;1-5,7-8H;1H3. The Bertz CT molecular complexity index is 441. The summed E-state index contributed by atoms with van der Waals surface area (Å²) in [5.41, 5.74) is 4.66. The molecule has 2 rings (SSSR count). The van der Waals surface area contributed by atoms with Gasteiger partial charge in [0.1, 0.15) is 6.29 Å². The Labute approximate surface area is 107 Å². The van der Waals surface area contributed by atoms with Crippen LogP contribution in [0.3, 0.4) is 0 Å². The van der Waals surface area contributed by atoms with Crippen LogP contribution in [0.15, 0.2) is 54.6 Å². The highest BCUT2D eigenvalue weighted by Gasteiger charge is 1.85. The molecule has 0 saturated heterocycles. The van der Waals surface area contributed by atoms with Gasteiger partial charge in [0.25, 0.3) is 0 Å². The lowest BCUT2D eigenvalue weighted by Gasteiger charge is -1.92. The summed E-state index contributed by atoms with van der Waals surface area (Å²) < 4.78 is 0. The third kappa shape index (κ3) is 5.79. The second-order valence-electron chi connectivity index (χ2n) is 3.51. The van der Waals surface area contributed by atoms with E-state index in [2.05, 4.69) is 0 Å². The van der Waals surface area contributed by atoms with Gasteiger partial charge in [-0.25, -0.2) is 0 Å². The molecule has 0 heterocycles. The van der Waals surface area contributed by atoms with E-state index in [-0.39, 0.29) is 6.15 Å². The number of hydrogen-bond acceptors (Lipinski definition) is 4. The number of para-hydroxylation sites is 1. The van der Waals surface area contributed by atoms with Crippen LogP contribution in [0.2, 0.25) is 0 Å². The molecule has 0 atom stereocenters. The van der Waals surface area contributed by atoms with E-state index in [0.717, 1.165) is 11.8 Å². The second kappa shape index (κ2) is 8.92. The molecule has 2 aromatic rings. The lowest BCUT2D eigenvalue weighted by molar-refractivity contribution is 0.112. The molecule has 4 heteroatoms. The van der Waals surface area contributed by atoms with Crippen LogP contribution in [0.4, 0.5) is 5.69 Å². The van der Waals surface area contributed by atoms with E-state index in [1.165, 1.54) is 5.56 Å². The number of anilines is 1. The molecule has 2 aromatic carbocycles. The molecule has 0 spiro atoms. The van der Waals surface area contributed by atoms with Gasteiger partial charge >= 0.3 is 0 Å². The smallest absolute Gasteiger partial charge is 0.150 e. The highest BCUT2D eigenvalue weighted by Crippen LogP contribution is 2.01. The van der Waals surface area contributed by atoms with Gasteiger partial charge in [0, 0.05) is 5.56 Å². The number of carbonyl (C=O) groups excluding carboxylic acids is 1. The van der Waals surface area contributed by atoms with E-state index >= 15 is 0 Å². The lowest BCUT2D eigenvalue weighted by atomic mass is 10.2. The van der Waals surface area contributed by atoms with Crippen LogP contribution >= 0.6 is 0 Å². The van der Waals surface area contributed by atoms with Crippen molar-refractivity contribution in [1.82, 2.24) is 6.15 Å². The van der Waals surface area contributed by atoms with Crippen molar-refractivity contribution >= 4 is 12.0 Å². The number of rotatable bonds is 2. The number of nitrogens with one attached hydrogen (secondary N) is 1. The fourth-order valence-corrected chi connectivity index (χ4v) is 1.16. The Morgan fingerprint density at radius 2 is 1.56 bits per heavy atom. The fraction of sp³-hybridized carbons (Fsp3) is 0.0714. The number of aryl methyl sites for hydroxylation is 1. The first-order valence-electron chi connectivity index (χ1n) is 5.23. The Morgan fingerprint density at radius 1 is 1.00 bits per heavy atom. The van der Waals surface area contributed by atoms with E-state index < -0.39 is 0 Å². The van der Waals surface area contributed by atoms with Gasteiger partial charge in [-0.2, -0.15) is 0 Å². The van der Waals surface area contributed by atoms with Crippen LogP contribution in [0.5, 0.6) is 0 Å². The Kier molecular flexibility index (Phi) is 7.85. The van der Waals surface area contributed by atoms with Crippen LogP contribution in [0.25, 0.3) is 0 Å². The summed E-state index contributed by atoms with van der Waals surface area (Å²) in [4.78, 5) is 10.1. The van der Waals surface area contributed by atoms with Gasteiger partial charge in [0.2, 0.25) is 0 Å². The maximum Gasteiger partial charge on any atom is 0.150 e. The summed E-state index contributed by atoms with van der Waals surface area (Å²) in [5.74, 6) is 0. The van der Waals surface area contributed by atoms with Crippen LogP contribution in [0, 0.1) is 6.92 Å². The third-order valence-corrected chi connectivity index (χ3v) is 2.12. The minimum atomic E-state index is 0. The van der Waals surface area contributed by atoms with Gasteiger partial charge in [-0.05, 0) is 19.1 Å². The number of aldehydes is 1. The normalized spacial score (nSPS) is 8.33. The molecular formula is C14H18N2O2. The first kappa shape index (κ1) is 15.8. The molecule has 0 aliphatic heterocycles. The zero-order valence-corrected chi connectivity index (χ0v) is 10.3. The van der Waals surface area contributed by atoms with Crippen molar-refractivity contribution in [2.45, 2.75) is 6.92 Å². The Balaban J connectivity index is 0.000000306. The topological polar surface area (TPSA) is 84.3 Å². The molecule has 0 aliphatic rings. The molecule has 0 aliphatic carbocycles. The molecular weight excluding hydrogens is 228 g/mol. The van der Waals surface area contributed by atoms with Gasteiger partial charge in [-0.3, -0.25) is 15.5 Å². The largest absolute Gasteiger partial charge is 0.344 e. The van der Waals surface area contributed by atoms with Crippen molar-refractivity contribution in [2.24, 2.45) is 0 Å². The molecule has 0 amide bonds. The lowest BCUT2D eigenvalue weighted by Crippen LogP contribution is -1.85. The summed E-state index contributed by atoms with van der Waals surface area (Å²) in [6, 6.07) is 16.6. The maximum absolute atomic E-state index is 10.1. The summed E-state index contributed by atoms with van der Waals surface area (Å²) >= 11 is 0.